The van der Waals surface area contributed by atoms with Crippen molar-refractivity contribution in [2.24, 2.45) is 0 Å². The zero-order valence-electron chi connectivity index (χ0n) is 53.3. The van der Waals surface area contributed by atoms with Gasteiger partial charge in [0.25, 0.3) is 0 Å². The number of carbonyl (C=O) groups is 3. The minimum Gasteiger partial charge on any atom is -0.462 e. The summed E-state index contributed by atoms with van der Waals surface area (Å²) in [7, 11) is 0. The first-order chi connectivity index (χ1) is 39.5. The Morgan fingerprint density at radius 2 is 0.450 bits per heavy atom. The maximum atomic E-state index is 12.9. The van der Waals surface area contributed by atoms with Crippen LogP contribution in [0, 0.1) is 0 Å². The predicted octanol–water partition coefficient (Wildman–Crippen LogP) is 24.1. The Bertz CT molecular complexity index is 1470. The van der Waals surface area contributed by atoms with Crippen molar-refractivity contribution in [2.75, 3.05) is 13.2 Å². The zero-order chi connectivity index (χ0) is 57.8. The van der Waals surface area contributed by atoms with Gasteiger partial charge in [-0.15, -0.1) is 0 Å². The van der Waals surface area contributed by atoms with Gasteiger partial charge in [0.05, 0.1) is 0 Å². The zero-order valence-corrected chi connectivity index (χ0v) is 53.3. The van der Waals surface area contributed by atoms with Gasteiger partial charge in [0, 0.05) is 19.3 Å². The van der Waals surface area contributed by atoms with Crippen molar-refractivity contribution in [1.82, 2.24) is 0 Å². The topological polar surface area (TPSA) is 78.9 Å². The average Bonchev–Trinajstić information content (AvgIpc) is 3.46. The normalized spacial score (nSPS) is 12.5. The molecule has 0 saturated carbocycles. The number of esters is 3. The Morgan fingerprint density at radius 1 is 0.250 bits per heavy atom. The lowest BCUT2D eigenvalue weighted by molar-refractivity contribution is -0.167. The minimum atomic E-state index is -0.784. The van der Waals surface area contributed by atoms with Crippen molar-refractivity contribution >= 4 is 17.9 Å². The average molecular weight is 1120 g/mol. The lowest BCUT2D eigenvalue weighted by atomic mass is 10.0. The molecule has 0 rings (SSSR count). The third kappa shape index (κ3) is 65.7. The molecule has 0 aliphatic heterocycles. The first kappa shape index (κ1) is 76.9. The van der Waals surface area contributed by atoms with E-state index in [1.54, 1.807) is 0 Å². The molecule has 464 valence electrons. The maximum absolute atomic E-state index is 12.9. The van der Waals surface area contributed by atoms with Crippen LogP contribution in [-0.4, -0.2) is 37.2 Å². The first-order valence-corrected chi connectivity index (χ1v) is 34.9. The summed E-state index contributed by atoms with van der Waals surface area (Å²) in [4.78, 5) is 38.4. The van der Waals surface area contributed by atoms with E-state index >= 15 is 0 Å². The summed E-state index contributed by atoms with van der Waals surface area (Å²) in [6, 6.07) is 0. The second kappa shape index (κ2) is 68.3. The van der Waals surface area contributed by atoms with Crippen LogP contribution in [-0.2, 0) is 28.6 Å². The molecule has 0 aromatic carbocycles. The van der Waals surface area contributed by atoms with Crippen molar-refractivity contribution in [3.63, 3.8) is 0 Å². The molecular formula is C74H132O6. The van der Waals surface area contributed by atoms with Gasteiger partial charge in [0.15, 0.2) is 6.10 Å². The van der Waals surface area contributed by atoms with Crippen molar-refractivity contribution in [2.45, 2.75) is 367 Å². The van der Waals surface area contributed by atoms with Crippen LogP contribution in [0.3, 0.4) is 0 Å². The van der Waals surface area contributed by atoms with Gasteiger partial charge >= 0.3 is 17.9 Å². The maximum Gasteiger partial charge on any atom is 0.306 e. The van der Waals surface area contributed by atoms with Crippen LogP contribution >= 0.6 is 0 Å². The van der Waals surface area contributed by atoms with E-state index in [2.05, 4.69) is 93.7 Å². The monoisotopic (exact) mass is 1120 g/mol. The SMILES string of the molecule is CCCCC/C=C\C/C=C\CCCCCCCCCC(=O)OC(COC(=O)CCCCCCC/C=C\CCCCCCCCC)COC(=O)CCCCCCCCCCCCCCCC/C=C\C/C=C\C/C=C\CCCCCCC. The fraction of sp³-hybridized carbons (Fsp3) is 0.797. The van der Waals surface area contributed by atoms with Gasteiger partial charge < -0.3 is 14.2 Å². The van der Waals surface area contributed by atoms with E-state index in [0.29, 0.717) is 19.3 Å². The lowest BCUT2D eigenvalue weighted by Crippen LogP contribution is -2.30. The number of hydrogen-bond donors (Lipinski definition) is 0. The Kier molecular flexibility index (Phi) is 65.7. The largest absolute Gasteiger partial charge is 0.462 e. The summed E-state index contributed by atoms with van der Waals surface area (Å²) in [6.07, 6.45) is 89.2. The molecule has 80 heavy (non-hydrogen) atoms. The molecular weight excluding hydrogens is 985 g/mol. The summed E-state index contributed by atoms with van der Waals surface area (Å²) in [5.41, 5.74) is 0. The summed E-state index contributed by atoms with van der Waals surface area (Å²) in [5, 5.41) is 0. The van der Waals surface area contributed by atoms with Crippen LogP contribution in [0.25, 0.3) is 0 Å². The van der Waals surface area contributed by atoms with Gasteiger partial charge in [0.2, 0.25) is 0 Å². The van der Waals surface area contributed by atoms with Crippen molar-refractivity contribution in [1.29, 1.82) is 0 Å². The molecule has 6 nitrogen and oxygen atoms in total. The van der Waals surface area contributed by atoms with Crippen LogP contribution in [0.15, 0.2) is 72.9 Å². The van der Waals surface area contributed by atoms with Crippen molar-refractivity contribution in [3.8, 4) is 0 Å². The second-order valence-electron chi connectivity index (χ2n) is 23.4. The van der Waals surface area contributed by atoms with E-state index in [0.717, 1.165) is 89.9 Å². The predicted molar refractivity (Wildman–Crippen MR) is 348 cm³/mol. The molecule has 0 spiro atoms. The Balaban J connectivity index is 4.27. The Morgan fingerprint density at radius 3 is 0.738 bits per heavy atom. The molecule has 0 aliphatic carbocycles. The highest BCUT2D eigenvalue weighted by Crippen LogP contribution is 2.17. The van der Waals surface area contributed by atoms with E-state index in [1.807, 2.05) is 0 Å². The molecule has 0 aromatic heterocycles. The first-order valence-electron chi connectivity index (χ1n) is 34.9. The van der Waals surface area contributed by atoms with Gasteiger partial charge in [-0.05, 0) is 116 Å². The second-order valence-corrected chi connectivity index (χ2v) is 23.4. The van der Waals surface area contributed by atoms with Gasteiger partial charge in [0.1, 0.15) is 13.2 Å². The third-order valence-corrected chi connectivity index (χ3v) is 15.4. The van der Waals surface area contributed by atoms with E-state index in [9.17, 15) is 14.4 Å². The van der Waals surface area contributed by atoms with E-state index in [-0.39, 0.29) is 31.1 Å². The van der Waals surface area contributed by atoms with Crippen LogP contribution in [0.5, 0.6) is 0 Å². The van der Waals surface area contributed by atoms with Gasteiger partial charge in [-0.1, -0.05) is 299 Å². The highest BCUT2D eigenvalue weighted by molar-refractivity contribution is 5.71. The number of hydrogen-bond acceptors (Lipinski definition) is 6. The summed E-state index contributed by atoms with van der Waals surface area (Å²) in [5.74, 6) is -0.878. The molecule has 0 heterocycles. The van der Waals surface area contributed by atoms with Gasteiger partial charge in [-0.2, -0.15) is 0 Å². The number of ether oxygens (including phenoxy) is 3. The Hall–Kier alpha value is -3.15. The molecule has 0 aromatic rings. The molecule has 6 heteroatoms. The van der Waals surface area contributed by atoms with Gasteiger partial charge in [-0.3, -0.25) is 14.4 Å². The molecule has 0 saturated heterocycles. The molecule has 0 amide bonds. The molecule has 0 radical (unpaired) electrons. The fourth-order valence-corrected chi connectivity index (χ4v) is 10.1. The van der Waals surface area contributed by atoms with Gasteiger partial charge in [-0.25, -0.2) is 0 Å². The van der Waals surface area contributed by atoms with Crippen LogP contribution in [0.4, 0.5) is 0 Å². The fourth-order valence-electron chi connectivity index (χ4n) is 10.1. The molecule has 0 bridgehead atoms. The highest BCUT2D eigenvalue weighted by Gasteiger charge is 2.19. The number of unbranched alkanes of at least 4 members (excludes halogenated alkanes) is 41. The Labute approximate surface area is 497 Å². The molecule has 1 atom stereocenters. The third-order valence-electron chi connectivity index (χ3n) is 15.4. The standard InChI is InChI=1S/C74H132O6/c1-4-7-10-13-16-19-22-25-28-31-32-33-34-35-36-37-38-39-40-41-42-44-46-49-52-55-58-61-64-67-73(76)79-70-71(69-78-72(75)66-63-60-57-54-51-48-45-30-27-24-21-18-15-12-9-6-3)80-74(77)68-65-62-59-56-53-50-47-43-29-26-23-20-17-14-11-8-5-2/h17,20,22,25-26,29-32,34-35,45,71H,4-16,18-19,21,23-24,27-28,33,36-44,46-70H2,1-3H3/b20-17-,25-22-,29-26-,32-31-,35-34-,45-30-. The molecule has 0 N–H and O–H groups in total. The van der Waals surface area contributed by atoms with Crippen LogP contribution in [0.1, 0.15) is 361 Å². The quantitative estimate of drug-likeness (QED) is 0.0261. The summed E-state index contributed by atoms with van der Waals surface area (Å²) < 4.78 is 17.0. The summed E-state index contributed by atoms with van der Waals surface area (Å²) in [6.45, 7) is 6.63. The lowest BCUT2D eigenvalue weighted by Gasteiger charge is -2.18. The van der Waals surface area contributed by atoms with Crippen molar-refractivity contribution in [3.05, 3.63) is 72.9 Å². The van der Waals surface area contributed by atoms with Crippen LogP contribution in [0.2, 0.25) is 0 Å². The molecule has 1 unspecified atom stereocenters. The minimum absolute atomic E-state index is 0.0792. The summed E-state index contributed by atoms with van der Waals surface area (Å²) >= 11 is 0. The van der Waals surface area contributed by atoms with E-state index in [4.69, 9.17) is 14.2 Å². The molecule has 0 aliphatic rings. The number of rotatable bonds is 64. The molecule has 0 fully saturated rings. The van der Waals surface area contributed by atoms with E-state index in [1.165, 1.54) is 231 Å². The van der Waals surface area contributed by atoms with Crippen LogP contribution < -0.4 is 0 Å². The highest BCUT2D eigenvalue weighted by atomic mass is 16.6. The van der Waals surface area contributed by atoms with Crippen molar-refractivity contribution < 1.29 is 28.6 Å². The number of carbonyl (C=O) groups excluding carboxylic acids is 3. The smallest absolute Gasteiger partial charge is 0.306 e. The number of allylic oxidation sites excluding steroid dienone is 12. The van der Waals surface area contributed by atoms with E-state index < -0.39 is 6.10 Å².